The Morgan fingerprint density at radius 2 is 1.76 bits per heavy atom. The second kappa shape index (κ2) is 8.05. The number of benzene rings is 2. The lowest BCUT2D eigenvalue weighted by atomic mass is 9.94. The smallest absolute Gasteiger partial charge is 0.227 e. The number of carbonyl (C=O) groups excluding carboxylic acids is 2. The van der Waals surface area contributed by atoms with Gasteiger partial charge in [-0.3, -0.25) is 9.59 Å². The van der Waals surface area contributed by atoms with Crippen LogP contribution in [-0.4, -0.2) is 34.8 Å². The fourth-order valence-electron chi connectivity index (χ4n) is 6.15. The molecule has 1 spiro atoms. The Hall–Kier alpha value is -3.08. The van der Waals surface area contributed by atoms with Gasteiger partial charge < -0.3 is 15.2 Å². The summed E-state index contributed by atoms with van der Waals surface area (Å²) in [7, 11) is 0. The number of nitrogens with one attached hydrogen (secondary N) is 2. The summed E-state index contributed by atoms with van der Waals surface area (Å²) >= 11 is 0. The lowest BCUT2D eigenvalue weighted by Gasteiger charge is -2.32. The van der Waals surface area contributed by atoms with Crippen LogP contribution in [0.2, 0.25) is 0 Å². The van der Waals surface area contributed by atoms with Crippen molar-refractivity contribution in [1.29, 1.82) is 0 Å². The fraction of sp³-hybridized carbons (Fsp3) is 0.429. The average Bonchev–Trinajstić information content (AvgIpc) is 3.15. The van der Waals surface area contributed by atoms with Crippen LogP contribution in [0.25, 0.3) is 22.2 Å². The first-order valence-electron chi connectivity index (χ1n) is 12.4. The predicted octanol–water partition coefficient (Wildman–Crippen LogP) is 5.59. The Kier molecular flexibility index (Phi) is 5.01. The maximum Gasteiger partial charge on any atom is 0.227 e. The molecule has 0 radical (unpaired) electrons. The Bertz CT molecular complexity index is 1170. The summed E-state index contributed by atoms with van der Waals surface area (Å²) in [4.78, 5) is 31.4. The molecule has 5 nitrogen and oxygen atoms in total. The number of aromatic nitrogens is 1. The highest BCUT2D eigenvalue weighted by Crippen LogP contribution is 2.63. The number of hydrogen-bond acceptors (Lipinski definition) is 2. The van der Waals surface area contributed by atoms with E-state index in [0.29, 0.717) is 24.4 Å². The van der Waals surface area contributed by atoms with Crippen molar-refractivity contribution in [3.8, 4) is 11.3 Å². The van der Waals surface area contributed by atoms with Gasteiger partial charge in [0.1, 0.15) is 0 Å². The molecule has 2 saturated carbocycles. The van der Waals surface area contributed by atoms with Crippen molar-refractivity contribution < 1.29 is 9.59 Å². The molecule has 2 heterocycles. The molecule has 0 bridgehead atoms. The SMILES string of the molecule is O=C(Nc1cccc(-c2cc3ccccc3[nH]2)c1)C1CCN(C(=O)[C@@H]2CC23CCCC3)CC1. The summed E-state index contributed by atoms with van der Waals surface area (Å²) in [5.41, 5.74) is 4.36. The monoisotopic (exact) mass is 441 g/mol. The first-order valence-corrected chi connectivity index (χ1v) is 12.4. The molecule has 2 aliphatic carbocycles. The van der Waals surface area contributed by atoms with E-state index in [4.69, 9.17) is 0 Å². The molecule has 1 aromatic heterocycles. The number of anilines is 1. The third kappa shape index (κ3) is 3.84. The number of nitrogens with zero attached hydrogens (tertiary/aromatic N) is 1. The highest BCUT2D eigenvalue weighted by Gasteiger charge is 2.59. The van der Waals surface area contributed by atoms with E-state index in [9.17, 15) is 9.59 Å². The standard InChI is InChI=1S/C28H31N3O2/c32-26(19-10-14-31(15-11-19)27(33)23-18-28(23)12-3-4-13-28)29-22-8-5-7-20(16-22)25-17-21-6-1-2-9-24(21)30-25/h1-2,5-9,16-17,19,23,30H,3-4,10-15,18H2,(H,29,32)/t23-/m0/s1. The van der Waals surface area contributed by atoms with Gasteiger partial charge in [0, 0.05) is 52.8 Å². The maximum atomic E-state index is 13.0. The van der Waals surface area contributed by atoms with Crippen LogP contribution in [-0.2, 0) is 9.59 Å². The first kappa shape index (κ1) is 20.5. The second-order valence-electron chi connectivity index (χ2n) is 10.3. The van der Waals surface area contributed by atoms with Gasteiger partial charge in [-0.1, -0.05) is 43.2 Å². The molecule has 170 valence electrons. The number of rotatable bonds is 4. The van der Waals surface area contributed by atoms with E-state index < -0.39 is 0 Å². The number of para-hydroxylation sites is 1. The van der Waals surface area contributed by atoms with Gasteiger partial charge >= 0.3 is 0 Å². The van der Waals surface area contributed by atoms with Crippen molar-refractivity contribution in [2.24, 2.45) is 17.3 Å². The summed E-state index contributed by atoms with van der Waals surface area (Å²) in [6, 6.07) is 18.4. The molecule has 3 fully saturated rings. The molecule has 2 amide bonds. The predicted molar refractivity (Wildman–Crippen MR) is 131 cm³/mol. The summed E-state index contributed by atoms with van der Waals surface area (Å²) < 4.78 is 0. The Balaban J connectivity index is 1.06. The molecule has 3 aromatic rings. The van der Waals surface area contributed by atoms with Gasteiger partial charge in [-0.05, 0) is 61.8 Å². The first-order chi connectivity index (χ1) is 16.1. The average molecular weight is 442 g/mol. The fourth-order valence-corrected chi connectivity index (χ4v) is 6.15. The third-order valence-electron chi connectivity index (χ3n) is 8.24. The zero-order chi connectivity index (χ0) is 22.4. The van der Waals surface area contributed by atoms with Crippen LogP contribution in [0, 0.1) is 17.3 Å². The Morgan fingerprint density at radius 3 is 2.55 bits per heavy atom. The van der Waals surface area contributed by atoms with E-state index >= 15 is 0 Å². The number of carbonyl (C=O) groups is 2. The molecule has 33 heavy (non-hydrogen) atoms. The number of hydrogen-bond donors (Lipinski definition) is 2. The van der Waals surface area contributed by atoms with Gasteiger partial charge in [0.25, 0.3) is 0 Å². The lowest BCUT2D eigenvalue weighted by molar-refractivity contribution is -0.136. The van der Waals surface area contributed by atoms with Crippen LogP contribution in [0.5, 0.6) is 0 Å². The molecule has 6 rings (SSSR count). The molecular formula is C28H31N3O2. The second-order valence-corrected chi connectivity index (χ2v) is 10.3. The van der Waals surface area contributed by atoms with Crippen LogP contribution >= 0.6 is 0 Å². The summed E-state index contributed by atoms with van der Waals surface area (Å²) in [6.45, 7) is 1.41. The van der Waals surface area contributed by atoms with E-state index in [1.807, 2.05) is 35.2 Å². The Morgan fingerprint density at radius 1 is 0.970 bits per heavy atom. The van der Waals surface area contributed by atoms with E-state index in [0.717, 1.165) is 41.7 Å². The molecule has 1 atom stereocenters. The van der Waals surface area contributed by atoms with Crippen LogP contribution in [0.1, 0.15) is 44.9 Å². The zero-order valence-corrected chi connectivity index (χ0v) is 19.0. The highest BCUT2D eigenvalue weighted by molar-refractivity contribution is 5.94. The van der Waals surface area contributed by atoms with Crippen LogP contribution in [0.15, 0.2) is 54.6 Å². The minimum Gasteiger partial charge on any atom is -0.355 e. The quantitative estimate of drug-likeness (QED) is 0.554. The van der Waals surface area contributed by atoms with Gasteiger partial charge in [-0.15, -0.1) is 0 Å². The molecule has 1 saturated heterocycles. The largest absolute Gasteiger partial charge is 0.355 e. The normalized spacial score (nSPS) is 22.1. The molecule has 3 aliphatic rings. The number of amides is 2. The molecule has 5 heteroatoms. The van der Waals surface area contributed by atoms with Crippen molar-refractivity contribution in [2.45, 2.75) is 44.9 Å². The molecule has 0 unspecified atom stereocenters. The van der Waals surface area contributed by atoms with Crippen LogP contribution < -0.4 is 5.32 Å². The number of fused-ring (bicyclic) bond motifs is 1. The molecule has 2 aromatic carbocycles. The number of piperidine rings is 1. The number of likely N-dealkylation sites (tertiary alicyclic amines) is 1. The third-order valence-corrected chi connectivity index (χ3v) is 8.24. The topological polar surface area (TPSA) is 65.2 Å². The van der Waals surface area contributed by atoms with Crippen molar-refractivity contribution in [3.05, 3.63) is 54.6 Å². The van der Waals surface area contributed by atoms with Gasteiger partial charge in [0.05, 0.1) is 0 Å². The summed E-state index contributed by atoms with van der Waals surface area (Å²) in [5, 5.41) is 4.29. The highest BCUT2D eigenvalue weighted by atomic mass is 16.2. The Labute approximate surface area is 194 Å². The van der Waals surface area contributed by atoms with Crippen molar-refractivity contribution >= 4 is 28.4 Å². The van der Waals surface area contributed by atoms with E-state index in [2.05, 4.69) is 34.6 Å². The van der Waals surface area contributed by atoms with Crippen molar-refractivity contribution in [2.75, 3.05) is 18.4 Å². The van der Waals surface area contributed by atoms with Gasteiger partial charge in [0.2, 0.25) is 11.8 Å². The number of H-pyrrole nitrogens is 1. The van der Waals surface area contributed by atoms with Gasteiger partial charge in [-0.2, -0.15) is 0 Å². The maximum absolute atomic E-state index is 13.0. The van der Waals surface area contributed by atoms with E-state index in [1.165, 1.54) is 31.1 Å². The summed E-state index contributed by atoms with van der Waals surface area (Å²) in [5.74, 6) is 0.638. The number of aromatic amines is 1. The van der Waals surface area contributed by atoms with Crippen LogP contribution in [0.4, 0.5) is 5.69 Å². The lowest BCUT2D eigenvalue weighted by Crippen LogP contribution is -2.42. The van der Waals surface area contributed by atoms with E-state index in [-0.39, 0.29) is 17.7 Å². The minimum absolute atomic E-state index is 0.0366. The van der Waals surface area contributed by atoms with Gasteiger partial charge in [-0.25, -0.2) is 0 Å². The molecular weight excluding hydrogens is 410 g/mol. The van der Waals surface area contributed by atoms with Crippen molar-refractivity contribution in [3.63, 3.8) is 0 Å². The summed E-state index contributed by atoms with van der Waals surface area (Å²) in [6.07, 6.45) is 7.64. The van der Waals surface area contributed by atoms with Crippen molar-refractivity contribution in [1.82, 2.24) is 9.88 Å². The molecule has 1 aliphatic heterocycles. The molecule has 2 N–H and O–H groups in total. The minimum atomic E-state index is -0.0366. The van der Waals surface area contributed by atoms with Gasteiger partial charge in [0.15, 0.2) is 0 Å². The zero-order valence-electron chi connectivity index (χ0n) is 19.0. The van der Waals surface area contributed by atoms with Crippen LogP contribution in [0.3, 0.4) is 0 Å². The van der Waals surface area contributed by atoms with E-state index in [1.54, 1.807) is 0 Å².